The van der Waals surface area contributed by atoms with Crippen molar-refractivity contribution in [3.63, 3.8) is 0 Å². The molecule has 0 amide bonds. The van der Waals surface area contributed by atoms with E-state index in [2.05, 4.69) is 219 Å². The van der Waals surface area contributed by atoms with Crippen molar-refractivity contribution in [2.24, 2.45) is 0 Å². The fourth-order valence-corrected chi connectivity index (χ4v) is 21.5. The summed E-state index contributed by atoms with van der Waals surface area (Å²) < 4.78 is 7.91. The predicted octanol–water partition coefficient (Wildman–Crippen LogP) is 10.6. The van der Waals surface area contributed by atoms with Crippen LogP contribution in [0.4, 0.5) is 0 Å². The molecule has 0 N–H and O–H groups in total. The van der Waals surface area contributed by atoms with Crippen LogP contribution in [0.1, 0.15) is 25.0 Å². The SMILES string of the molecule is CC1(C)c2ccccc2-c2cc3c4ccccc4n(-c4cccc(-c5nc(-c6ccccc6)[c]6c(n5)-c5cccc[c]5[Ge]6([c]5ccccc5)[c]5ccccc5)c4)c3cc21. The van der Waals surface area contributed by atoms with Crippen LogP contribution in [0.2, 0.25) is 0 Å². The zero-order valence-corrected chi connectivity index (χ0v) is 35.0. The summed E-state index contributed by atoms with van der Waals surface area (Å²) in [6.45, 7) is 4.72. The van der Waals surface area contributed by atoms with Gasteiger partial charge in [0.1, 0.15) is 0 Å². The molecule has 0 saturated heterocycles. The van der Waals surface area contributed by atoms with Crippen molar-refractivity contribution in [2.75, 3.05) is 0 Å². The Balaban J connectivity index is 1.12. The number of hydrogen-bond donors (Lipinski definition) is 0. The van der Waals surface area contributed by atoms with Crippen molar-refractivity contribution in [1.82, 2.24) is 14.5 Å². The molecule has 8 aromatic carbocycles. The third-order valence-corrected chi connectivity index (χ3v) is 23.3. The van der Waals surface area contributed by atoms with E-state index in [1.54, 1.807) is 0 Å². The molecule has 0 saturated carbocycles. The average molecular weight is 815 g/mol. The van der Waals surface area contributed by atoms with Gasteiger partial charge in [0, 0.05) is 0 Å². The quantitative estimate of drug-likeness (QED) is 0.162. The monoisotopic (exact) mass is 815 g/mol. The predicted molar refractivity (Wildman–Crippen MR) is 247 cm³/mol. The van der Waals surface area contributed by atoms with E-state index in [0.29, 0.717) is 0 Å². The van der Waals surface area contributed by atoms with Crippen LogP contribution in [0.5, 0.6) is 0 Å². The van der Waals surface area contributed by atoms with Crippen molar-refractivity contribution in [1.29, 1.82) is 0 Å². The molecule has 2 aromatic heterocycles. The van der Waals surface area contributed by atoms with Crippen LogP contribution < -0.4 is 17.6 Å². The Morgan fingerprint density at radius 2 is 1.05 bits per heavy atom. The minimum atomic E-state index is -3.65. The minimum absolute atomic E-state index is 0.106. The van der Waals surface area contributed by atoms with Crippen molar-refractivity contribution < 1.29 is 0 Å². The molecule has 0 spiro atoms. The summed E-state index contributed by atoms with van der Waals surface area (Å²) >= 11 is -3.65. The standard InChI is InChI=1S/C55H39GeN3/c1-55(2)46-30-15-12-27-41(46)44-34-45-42-28-14-17-32-49(42)59(50(45)35-47(44)55)40-26-18-21-37(33-40)54-57-52(36-19-6-3-7-20-36)51-53(58-54)43-29-13-16-31-48(43)56(51,38-22-8-4-9-23-38)39-24-10-5-11-25-39/h3-35H,1-2H3. The summed E-state index contributed by atoms with van der Waals surface area (Å²) in [7, 11) is 0. The fourth-order valence-electron chi connectivity index (χ4n) is 10.5. The number of fused-ring (bicyclic) bond motifs is 9. The van der Waals surface area contributed by atoms with Crippen molar-refractivity contribution in [2.45, 2.75) is 19.3 Å². The van der Waals surface area contributed by atoms with Gasteiger partial charge in [0.25, 0.3) is 0 Å². The first kappa shape index (κ1) is 34.2. The molecular formula is C55H39GeN3. The Bertz CT molecular complexity index is 3250. The van der Waals surface area contributed by atoms with Crippen molar-refractivity contribution >= 4 is 52.7 Å². The molecule has 0 bridgehead atoms. The Kier molecular flexibility index (Phi) is 7.45. The van der Waals surface area contributed by atoms with E-state index in [9.17, 15) is 0 Å². The summed E-state index contributed by atoms with van der Waals surface area (Å²) in [4.78, 5) is 11.3. The first-order chi connectivity index (χ1) is 29.0. The summed E-state index contributed by atoms with van der Waals surface area (Å²) in [5.74, 6) is 0.733. The van der Waals surface area contributed by atoms with E-state index in [1.165, 1.54) is 67.2 Å². The molecule has 0 atom stereocenters. The van der Waals surface area contributed by atoms with E-state index in [4.69, 9.17) is 9.97 Å². The van der Waals surface area contributed by atoms with Gasteiger partial charge < -0.3 is 0 Å². The van der Waals surface area contributed by atoms with Crippen LogP contribution in [0.15, 0.2) is 200 Å². The second-order valence-corrected chi connectivity index (χ2v) is 24.3. The molecule has 3 heterocycles. The number of nitrogens with zero attached hydrogens (tertiary/aromatic N) is 3. The molecule has 4 heteroatoms. The van der Waals surface area contributed by atoms with Gasteiger partial charge in [0.05, 0.1) is 0 Å². The number of benzene rings is 8. The number of rotatable bonds is 5. The number of hydrogen-bond acceptors (Lipinski definition) is 2. The van der Waals surface area contributed by atoms with Crippen LogP contribution in [-0.2, 0) is 5.41 Å². The van der Waals surface area contributed by atoms with Crippen molar-refractivity contribution in [3.8, 4) is 50.7 Å². The van der Waals surface area contributed by atoms with Gasteiger partial charge in [-0.05, 0) is 11.1 Å². The molecule has 10 aromatic rings. The average Bonchev–Trinajstić information content (AvgIpc) is 3.87. The molecule has 59 heavy (non-hydrogen) atoms. The molecular weight excluding hydrogens is 775 g/mol. The second-order valence-electron chi connectivity index (χ2n) is 16.5. The van der Waals surface area contributed by atoms with Crippen molar-refractivity contribution in [3.05, 3.63) is 211 Å². The molecule has 278 valence electrons. The third kappa shape index (κ3) is 4.83. The fraction of sp³-hybridized carbons (Fsp3) is 0.0545. The van der Waals surface area contributed by atoms with Crippen LogP contribution in [0, 0.1) is 0 Å². The van der Waals surface area contributed by atoms with Crippen LogP contribution in [0.3, 0.4) is 0 Å². The number of para-hydroxylation sites is 1. The van der Waals surface area contributed by atoms with Gasteiger partial charge in [-0.25, -0.2) is 0 Å². The third-order valence-electron chi connectivity index (χ3n) is 13.1. The van der Waals surface area contributed by atoms with Gasteiger partial charge in [-0.2, -0.15) is 0 Å². The van der Waals surface area contributed by atoms with E-state index in [1.807, 2.05) is 0 Å². The molecule has 3 nitrogen and oxygen atoms in total. The molecule has 1 aliphatic carbocycles. The second kappa shape index (κ2) is 12.8. The Morgan fingerprint density at radius 1 is 0.441 bits per heavy atom. The maximum atomic E-state index is 5.68. The van der Waals surface area contributed by atoms with Gasteiger partial charge in [0.2, 0.25) is 0 Å². The molecule has 0 unspecified atom stereocenters. The molecule has 2 aliphatic rings. The normalized spacial score (nSPS) is 14.2. The van der Waals surface area contributed by atoms with E-state index in [0.717, 1.165) is 34.0 Å². The summed E-state index contributed by atoms with van der Waals surface area (Å²) in [5, 5.41) is 2.51. The summed E-state index contributed by atoms with van der Waals surface area (Å²) in [6.07, 6.45) is 0. The number of aromatic nitrogens is 3. The van der Waals surface area contributed by atoms with Gasteiger partial charge in [-0.15, -0.1) is 0 Å². The summed E-state index contributed by atoms with van der Waals surface area (Å²) in [5.41, 5.74) is 14.2. The molecule has 1 aliphatic heterocycles. The van der Waals surface area contributed by atoms with Gasteiger partial charge in [-0.1, -0.05) is 38.1 Å². The Morgan fingerprint density at radius 3 is 1.81 bits per heavy atom. The Hall–Kier alpha value is -6.82. The maximum absolute atomic E-state index is 5.68. The van der Waals surface area contributed by atoms with Gasteiger partial charge in [0.15, 0.2) is 0 Å². The first-order valence-corrected chi connectivity index (χ1v) is 24.7. The van der Waals surface area contributed by atoms with E-state index >= 15 is 0 Å². The Labute approximate surface area is 346 Å². The molecule has 0 fully saturated rings. The van der Waals surface area contributed by atoms with Crippen LogP contribution in [0.25, 0.3) is 72.5 Å². The van der Waals surface area contributed by atoms with Gasteiger partial charge in [-0.3, -0.25) is 0 Å². The zero-order chi connectivity index (χ0) is 39.3. The van der Waals surface area contributed by atoms with E-state index in [-0.39, 0.29) is 5.41 Å². The molecule has 12 rings (SSSR count). The topological polar surface area (TPSA) is 30.7 Å². The van der Waals surface area contributed by atoms with E-state index < -0.39 is 13.3 Å². The summed E-state index contributed by atoms with van der Waals surface area (Å²) in [6, 6.07) is 73.7. The van der Waals surface area contributed by atoms with Gasteiger partial charge >= 0.3 is 299 Å². The van der Waals surface area contributed by atoms with Crippen LogP contribution in [-0.4, -0.2) is 27.8 Å². The zero-order valence-electron chi connectivity index (χ0n) is 32.9. The van der Waals surface area contributed by atoms with Crippen LogP contribution >= 0.6 is 0 Å². The molecule has 0 radical (unpaired) electrons. The first-order valence-electron chi connectivity index (χ1n) is 20.5.